The molecule has 0 aromatic carbocycles. The van der Waals surface area contributed by atoms with Crippen LogP contribution in [0.3, 0.4) is 0 Å². The van der Waals surface area contributed by atoms with E-state index in [1.54, 1.807) is 0 Å². The van der Waals surface area contributed by atoms with E-state index in [2.05, 4.69) is 34.2 Å². The van der Waals surface area contributed by atoms with Gasteiger partial charge in [0, 0.05) is 17.5 Å². The normalized spacial score (nSPS) is 34.0. The van der Waals surface area contributed by atoms with E-state index in [4.69, 9.17) is 0 Å². The van der Waals surface area contributed by atoms with Crippen molar-refractivity contribution >= 4 is 27.3 Å². The maximum Gasteiger partial charge on any atom is 0.0772 e. The number of hydrogen-bond donors (Lipinski definition) is 2. The summed E-state index contributed by atoms with van der Waals surface area (Å²) in [5, 5.41) is 14.4. The van der Waals surface area contributed by atoms with Crippen LogP contribution < -0.4 is 5.32 Å². The van der Waals surface area contributed by atoms with Crippen molar-refractivity contribution in [1.29, 1.82) is 0 Å². The van der Waals surface area contributed by atoms with E-state index < -0.39 is 5.60 Å². The number of aryl methyl sites for hydroxylation is 1. The van der Waals surface area contributed by atoms with E-state index in [0.717, 1.165) is 38.1 Å². The fourth-order valence-electron chi connectivity index (χ4n) is 3.52. The molecule has 3 rings (SSSR count). The molecule has 20 heavy (non-hydrogen) atoms. The molecular formula is C16H24BrNOS. The van der Waals surface area contributed by atoms with Crippen LogP contribution in [0.1, 0.15) is 61.9 Å². The van der Waals surface area contributed by atoms with Gasteiger partial charge in [-0.1, -0.05) is 6.92 Å². The molecule has 2 aliphatic carbocycles. The Morgan fingerprint density at radius 3 is 2.90 bits per heavy atom. The van der Waals surface area contributed by atoms with Gasteiger partial charge in [0.15, 0.2) is 0 Å². The summed E-state index contributed by atoms with van der Waals surface area (Å²) in [5.41, 5.74) is 0.984. The Bertz CT molecular complexity index is 465. The van der Waals surface area contributed by atoms with Crippen molar-refractivity contribution < 1.29 is 5.11 Å². The molecule has 4 heteroatoms. The zero-order valence-corrected chi connectivity index (χ0v) is 14.5. The molecule has 1 aromatic heterocycles. The van der Waals surface area contributed by atoms with E-state index in [0.29, 0.717) is 6.04 Å². The van der Waals surface area contributed by atoms with Gasteiger partial charge >= 0.3 is 0 Å². The molecule has 1 heterocycles. The summed E-state index contributed by atoms with van der Waals surface area (Å²) in [6.45, 7) is 3.04. The van der Waals surface area contributed by atoms with Crippen molar-refractivity contribution in [2.24, 2.45) is 5.92 Å². The van der Waals surface area contributed by atoms with Crippen LogP contribution in [0.5, 0.6) is 0 Å². The lowest BCUT2D eigenvalue weighted by Crippen LogP contribution is -2.44. The van der Waals surface area contributed by atoms with Gasteiger partial charge in [-0.25, -0.2) is 0 Å². The molecule has 1 unspecified atom stereocenters. The molecule has 1 atom stereocenters. The zero-order valence-electron chi connectivity index (χ0n) is 12.1. The van der Waals surface area contributed by atoms with Gasteiger partial charge in [0.25, 0.3) is 0 Å². The van der Waals surface area contributed by atoms with Crippen molar-refractivity contribution in [2.75, 3.05) is 6.54 Å². The fraction of sp³-hybridized carbons (Fsp3) is 0.750. The van der Waals surface area contributed by atoms with Gasteiger partial charge < -0.3 is 10.4 Å². The number of nitrogens with one attached hydrogen (secondary N) is 1. The number of thiophene rings is 1. The molecule has 1 aromatic rings. The highest BCUT2D eigenvalue weighted by atomic mass is 79.9. The van der Waals surface area contributed by atoms with Crippen molar-refractivity contribution in [2.45, 2.75) is 63.5 Å². The Balaban J connectivity index is 1.62. The lowest BCUT2D eigenvalue weighted by atomic mass is 9.79. The maximum absolute atomic E-state index is 10.7. The Hall–Kier alpha value is 0.100. The van der Waals surface area contributed by atoms with Crippen LogP contribution in [0.4, 0.5) is 0 Å². The smallest absolute Gasteiger partial charge is 0.0772 e. The second-order valence-electron chi connectivity index (χ2n) is 6.66. The molecule has 0 saturated heterocycles. The van der Waals surface area contributed by atoms with E-state index in [1.807, 2.05) is 11.3 Å². The Kier molecular flexibility index (Phi) is 4.56. The first-order valence-corrected chi connectivity index (χ1v) is 9.40. The van der Waals surface area contributed by atoms with Gasteiger partial charge in [-0.2, -0.15) is 0 Å². The Morgan fingerprint density at radius 2 is 2.15 bits per heavy atom. The van der Waals surface area contributed by atoms with Gasteiger partial charge in [0.2, 0.25) is 0 Å². The second-order valence-corrected chi connectivity index (χ2v) is 9.18. The lowest BCUT2D eigenvalue weighted by molar-refractivity contribution is -0.00858. The Morgan fingerprint density at radius 1 is 1.40 bits per heavy atom. The van der Waals surface area contributed by atoms with Gasteiger partial charge in [-0.3, -0.25) is 0 Å². The quantitative estimate of drug-likeness (QED) is 0.838. The molecule has 0 amide bonds. The minimum Gasteiger partial charge on any atom is -0.389 e. The van der Waals surface area contributed by atoms with Crippen molar-refractivity contribution in [3.8, 4) is 0 Å². The molecule has 0 aliphatic heterocycles. The number of halogens is 1. The van der Waals surface area contributed by atoms with E-state index in [-0.39, 0.29) is 0 Å². The highest BCUT2D eigenvalue weighted by Crippen LogP contribution is 2.38. The predicted octanol–water partition coefficient (Wildman–Crippen LogP) is 4.42. The van der Waals surface area contributed by atoms with Crippen LogP contribution in [0.25, 0.3) is 0 Å². The largest absolute Gasteiger partial charge is 0.389 e. The minimum absolute atomic E-state index is 0.435. The van der Waals surface area contributed by atoms with Crippen LogP contribution in [0.2, 0.25) is 0 Å². The van der Waals surface area contributed by atoms with Crippen LogP contribution in [-0.4, -0.2) is 17.3 Å². The summed E-state index contributed by atoms with van der Waals surface area (Å²) in [5.74, 6) is 0.782. The molecule has 2 nitrogen and oxygen atoms in total. The molecule has 0 radical (unpaired) electrons. The molecule has 2 N–H and O–H groups in total. The minimum atomic E-state index is -0.475. The topological polar surface area (TPSA) is 32.3 Å². The van der Waals surface area contributed by atoms with Crippen LogP contribution in [0, 0.1) is 5.92 Å². The summed E-state index contributed by atoms with van der Waals surface area (Å²) in [4.78, 5) is 1.52. The monoisotopic (exact) mass is 357 g/mol. The molecule has 0 bridgehead atoms. The van der Waals surface area contributed by atoms with E-state index in [9.17, 15) is 5.11 Å². The molecule has 1 saturated carbocycles. The number of rotatable bonds is 3. The van der Waals surface area contributed by atoms with Crippen LogP contribution in [0.15, 0.2) is 9.85 Å². The molecule has 2 aliphatic rings. The summed E-state index contributed by atoms with van der Waals surface area (Å²) < 4.78 is 1.24. The third kappa shape index (κ3) is 3.29. The SMILES string of the molecule is CC1CCC(O)(CNC2CCCc3sc(Br)cc32)CC1. The van der Waals surface area contributed by atoms with E-state index >= 15 is 0 Å². The number of fused-ring (bicyclic) bond motifs is 1. The van der Waals surface area contributed by atoms with Crippen molar-refractivity contribution in [3.63, 3.8) is 0 Å². The third-order valence-electron chi connectivity index (χ3n) is 4.97. The molecule has 0 spiro atoms. The Labute approximate surface area is 134 Å². The maximum atomic E-state index is 10.7. The standard InChI is InChI=1S/C16H24BrNOS/c1-11-5-7-16(19,8-6-11)10-18-13-3-2-4-14-12(13)9-15(17)20-14/h9,11,13,18-19H,2-8,10H2,1H3. The van der Waals surface area contributed by atoms with Gasteiger partial charge in [0.1, 0.15) is 0 Å². The zero-order chi connectivity index (χ0) is 14.2. The first-order valence-electron chi connectivity index (χ1n) is 7.80. The highest BCUT2D eigenvalue weighted by molar-refractivity contribution is 9.11. The van der Waals surface area contributed by atoms with Gasteiger partial charge in [-0.05, 0) is 78.4 Å². The van der Waals surface area contributed by atoms with Crippen molar-refractivity contribution in [1.82, 2.24) is 5.32 Å². The van der Waals surface area contributed by atoms with Crippen LogP contribution >= 0.6 is 27.3 Å². The average Bonchev–Trinajstić information content (AvgIpc) is 2.81. The molecular weight excluding hydrogens is 334 g/mol. The number of aliphatic hydroxyl groups is 1. The summed E-state index contributed by atoms with van der Waals surface area (Å²) in [6, 6.07) is 2.70. The second kappa shape index (κ2) is 6.07. The highest BCUT2D eigenvalue weighted by Gasteiger charge is 2.33. The first-order chi connectivity index (χ1) is 9.56. The third-order valence-corrected chi connectivity index (χ3v) is 6.68. The summed E-state index contributed by atoms with van der Waals surface area (Å²) in [6.07, 6.45) is 7.90. The number of hydrogen-bond acceptors (Lipinski definition) is 3. The van der Waals surface area contributed by atoms with Crippen LogP contribution in [-0.2, 0) is 6.42 Å². The molecule has 1 fully saturated rings. The molecule has 112 valence electrons. The van der Waals surface area contributed by atoms with Gasteiger partial charge in [-0.15, -0.1) is 11.3 Å². The summed E-state index contributed by atoms with van der Waals surface area (Å²) in [7, 11) is 0. The average molecular weight is 358 g/mol. The fourth-order valence-corrected chi connectivity index (χ4v) is 5.34. The predicted molar refractivity (Wildman–Crippen MR) is 88.3 cm³/mol. The lowest BCUT2D eigenvalue weighted by Gasteiger charge is -2.37. The van der Waals surface area contributed by atoms with Gasteiger partial charge in [0.05, 0.1) is 9.39 Å². The van der Waals surface area contributed by atoms with E-state index in [1.165, 1.54) is 33.5 Å². The first kappa shape index (κ1) is 15.0. The summed E-state index contributed by atoms with van der Waals surface area (Å²) >= 11 is 5.48. The van der Waals surface area contributed by atoms with Crippen molar-refractivity contribution in [3.05, 3.63) is 20.3 Å².